The predicted octanol–water partition coefficient (Wildman–Crippen LogP) is 3.81. The molecule has 0 fully saturated rings. The molecule has 0 saturated heterocycles. The highest BCUT2D eigenvalue weighted by Gasteiger charge is 2.19. The van der Waals surface area contributed by atoms with Gasteiger partial charge in [0.1, 0.15) is 11.3 Å². The zero-order chi connectivity index (χ0) is 22.4. The first-order valence-electron chi connectivity index (χ1n) is 10.5. The Morgan fingerprint density at radius 3 is 2.73 bits per heavy atom. The average molecular weight is 454 g/mol. The molecule has 0 saturated carbocycles. The van der Waals surface area contributed by atoms with E-state index in [-0.39, 0.29) is 5.56 Å². The Morgan fingerprint density at radius 1 is 1.06 bits per heavy atom. The first-order valence-corrected chi connectivity index (χ1v) is 11.4. The van der Waals surface area contributed by atoms with Gasteiger partial charge in [0.25, 0.3) is 5.56 Å². The fraction of sp³-hybridized carbons (Fsp3) is 0.125. The molecule has 6 aromatic rings. The van der Waals surface area contributed by atoms with E-state index in [9.17, 15) is 4.79 Å². The van der Waals surface area contributed by atoms with E-state index in [1.54, 1.807) is 28.0 Å². The first-order chi connectivity index (χ1) is 16.2. The lowest BCUT2D eigenvalue weighted by Crippen LogP contribution is -2.24. The van der Waals surface area contributed by atoms with Crippen molar-refractivity contribution in [3.05, 3.63) is 88.9 Å². The van der Waals surface area contributed by atoms with Crippen molar-refractivity contribution in [2.45, 2.75) is 13.0 Å². The number of rotatable bonds is 5. The standard InChI is InChI=1S/C24H19N7OS/c1-29-13-17(12-26-29)22-23-21(19(15-33-23)16-5-8-25-9-6-16)24(32)31(28-22)11-7-18-14-30-10-3-2-4-20(30)27-18/h2-6,8-10,12-15H,7,11H2,1H3. The van der Waals surface area contributed by atoms with Crippen LogP contribution in [0.5, 0.6) is 0 Å². The molecule has 0 aliphatic rings. The summed E-state index contributed by atoms with van der Waals surface area (Å²) in [7, 11) is 1.87. The molecule has 0 aliphatic carbocycles. The number of imidazole rings is 1. The van der Waals surface area contributed by atoms with Gasteiger partial charge in [-0.25, -0.2) is 9.67 Å². The van der Waals surface area contributed by atoms with Gasteiger partial charge in [0.2, 0.25) is 0 Å². The maximum atomic E-state index is 13.6. The number of aryl methyl sites for hydroxylation is 3. The van der Waals surface area contributed by atoms with E-state index < -0.39 is 0 Å². The van der Waals surface area contributed by atoms with Gasteiger partial charge >= 0.3 is 0 Å². The van der Waals surface area contributed by atoms with E-state index >= 15 is 0 Å². The lowest BCUT2D eigenvalue weighted by molar-refractivity contribution is 0.583. The van der Waals surface area contributed by atoms with Crippen molar-refractivity contribution >= 4 is 27.1 Å². The third-order valence-corrected chi connectivity index (χ3v) is 6.63. The summed E-state index contributed by atoms with van der Waals surface area (Å²) in [6, 6.07) is 9.74. The number of hydrogen-bond donors (Lipinski definition) is 0. The van der Waals surface area contributed by atoms with Crippen LogP contribution in [0.25, 0.3) is 38.1 Å². The van der Waals surface area contributed by atoms with Gasteiger partial charge in [0.15, 0.2) is 0 Å². The van der Waals surface area contributed by atoms with Crippen LogP contribution < -0.4 is 5.56 Å². The third-order valence-electron chi connectivity index (χ3n) is 5.64. The van der Waals surface area contributed by atoms with Crippen molar-refractivity contribution in [2.75, 3.05) is 0 Å². The molecule has 9 heteroatoms. The Balaban J connectivity index is 1.49. The molecule has 0 aromatic carbocycles. The lowest BCUT2D eigenvalue weighted by atomic mass is 10.1. The van der Waals surface area contributed by atoms with Gasteiger partial charge < -0.3 is 4.40 Å². The Kier molecular flexibility index (Phi) is 4.62. The second-order valence-electron chi connectivity index (χ2n) is 7.82. The summed E-state index contributed by atoms with van der Waals surface area (Å²) in [4.78, 5) is 22.4. The topological polar surface area (TPSA) is 82.9 Å². The smallest absolute Gasteiger partial charge is 0.276 e. The van der Waals surface area contributed by atoms with Crippen LogP contribution in [0.3, 0.4) is 0 Å². The molecular formula is C24H19N7OS. The maximum absolute atomic E-state index is 13.6. The maximum Gasteiger partial charge on any atom is 0.276 e. The third kappa shape index (κ3) is 3.42. The molecule has 33 heavy (non-hydrogen) atoms. The second kappa shape index (κ2) is 7.79. The fourth-order valence-corrected chi connectivity index (χ4v) is 5.12. The first kappa shape index (κ1) is 19.6. The van der Waals surface area contributed by atoms with Crippen LogP contribution in [0.1, 0.15) is 5.69 Å². The Bertz CT molecular complexity index is 1630. The van der Waals surface area contributed by atoms with Gasteiger partial charge in [-0.15, -0.1) is 11.3 Å². The van der Waals surface area contributed by atoms with Crippen molar-refractivity contribution in [2.24, 2.45) is 7.05 Å². The average Bonchev–Trinajstić information content (AvgIpc) is 3.57. The molecule has 0 unspecified atom stereocenters. The molecule has 0 spiro atoms. The summed E-state index contributed by atoms with van der Waals surface area (Å²) < 4.78 is 6.15. The summed E-state index contributed by atoms with van der Waals surface area (Å²) in [6.07, 6.45) is 11.7. The quantitative estimate of drug-likeness (QED) is 0.396. The number of thiophene rings is 1. The molecule has 0 N–H and O–H groups in total. The summed E-state index contributed by atoms with van der Waals surface area (Å²) in [5.41, 5.74) is 5.20. The minimum atomic E-state index is -0.102. The van der Waals surface area contributed by atoms with Crippen molar-refractivity contribution in [3.63, 3.8) is 0 Å². The Labute approximate surface area is 192 Å². The largest absolute Gasteiger partial charge is 0.307 e. The van der Waals surface area contributed by atoms with Gasteiger partial charge in [0, 0.05) is 61.0 Å². The van der Waals surface area contributed by atoms with Crippen molar-refractivity contribution in [1.29, 1.82) is 0 Å². The SMILES string of the molecule is Cn1cc(-c2nn(CCc3cn4ccccc4n3)c(=O)c3c(-c4ccncc4)csc23)cn1. The second-order valence-corrected chi connectivity index (χ2v) is 8.70. The minimum Gasteiger partial charge on any atom is -0.307 e. The molecule has 6 aromatic heterocycles. The van der Waals surface area contributed by atoms with Crippen LogP contribution in [0.4, 0.5) is 0 Å². The molecular weight excluding hydrogens is 434 g/mol. The summed E-state index contributed by atoms with van der Waals surface area (Å²) >= 11 is 1.53. The van der Waals surface area contributed by atoms with E-state index in [4.69, 9.17) is 5.10 Å². The van der Waals surface area contributed by atoms with Gasteiger partial charge in [-0.2, -0.15) is 10.2 Å². The Hall–Kier alpha value is -4.11. The van der Waals surface area contributed by atoms with Crippen molar-refractivity contribution in [1.82, 2.24) is 33.9 Å². The summed E-state index contributed by atoms with van der Waals surface area (Å²) in [5, 5.41) is 11.8. The van der Waals surface area contributed by atoms with Crippen LogP contribution >= 0.6 is 11.3 Å². The van der Waals surface area contributed by atoms with Gasteiger partial charge in [-0.3, -0.25) is 14.5 Å². The van der Waals surface area contributed by atoms with Gasteiger partial charge in [0.05, 0.1) is 28.5 Å². The normalized spacial score (nSPS) is 11.5. The predicted molar refractivity (Wildman–Crippen MR) is 128 cm³/mol. The number of fused-ring (bicyclic) bond motifs is 2. The zero-order valence-corrected chi connectivity index (χ0v) is 18.6. The van der Waals surface area contributed by atoms with E-state index in [0.717, 1.165) is 38.4 Å². The highest BCUT2D eigenvalue weighted by atomic mass is 32.1. The highest BCUT2D eigenvalue weighted by Crippen LogP contribution is 2.36. The van der Waals surface area contributed by atoms with Crippen LogP contribution in [0.15, 0.2) is 77.7 Å². The van der Waals surface area contributed by atoms with Crippen LogP contribution in [-0.2, 0) is 20.0 Å². The fourth-order valence-electron chi connectivity index (χ4n) is 4.04. The van der Waals surface area contributed by atoms with E-state index in [2.05, 4.69) is 15.1 Å². The summed E-state index contributed by atoms with van der Waals surface area (Å²) in [5.74, 6) is 0. The van der Waals surface area contributed by atoms with Gasteiger partial charge in [-0.1, -0.05) is 6.07 Å². The monoisotopic (exact) mass is 453 g/mol. The lowest BCUT2D eigenvalue weighted by Gasteiger charge is -2.08. The zero-order valence-electron chi connectivity index (χ0n) is 17.8. The molecule has 162 valence electrons. The molecule has 0 radical (unpaired) electrons. The van der Waals surface area contributed by atoms with Crippen LogP contribution in [0.2, 0.25) is 0 Å². The molecule has 0 bridgehead atoms. The van der Waals surface area contributed by atoms with Crippen molar-refractivity contribution in [3.8, 4) is 22.4 Å². The molecule has 6 heterocycles. The molecule has 6 rings (SSSR count). The molecule has 0 amide bonds. The molecule has 0 aliphatic heterocycles. The van der Waals surface area contributed by atoms with Crippen LogP contribution in [-0.4, -0.2) is 33.9 Å². The van der Waals surface area contributed by atoms with Gasteiger partial charge in [-0.05, 0) is 29.8 Å². The summed E-state index contributed by atoms with van der Waals surface area (Å²) in [6.45, 7) is 0.428. The minimum absolute atomic E-state index is 0.102. The number of aromatic nitrogens is 7. The molecule has 0 atom stereocenters. The van der Waals surface area contributed by atoms with E-state index in [1.807, 2.05) is 65.8 Å². The number of hydrogen-bond acceptors (Lipinski definition) is 6. The number of nitrogens with zero attached hydrogens (tertiary/aromatic N) is 7. The van der Waals surface area contributed by atoms with E-state index in [1.165, 1.54) is 11.3 Å². The van der Waals surface area contributed by atoms with E-state index in [0.29, 0.717) is 18.4 Å². The highest BCUT2D eigenvalue weighted by molar-refractivity contribution is 7.18. The van der Waals surface area contributed by atoms with Crippen molar-refractivity contribution < 1.29 is 0 Å². The molecule has 8 nitrogen and oxygen atoms in total. The number of pyridine rings is 2. The van der Waals surface area contributed by atoms with Crippen LogP contribution in [0, 0.1) is 0 Å². The Morgan fingerprint density at radius 2 is 1.94 bits per heavy atom.